The van der Waals surface area contributed by atoms with Crippen molar-refractivity contribution < 1.29 is 65.7 Å². The van der Waals surface area contributed by atoms with E-state index in [1.165, 1.54) is 10.8 Å². The maximum atomic E-state index is 11.7. The molecule has 0 rings (SSSR count). The van der Waals surface area contributed by atoms with Crippen molar-refractivity contribution >= 4 is 43.8 Å². The quantitative estimate of drug-likeness (QED) is 0.0527. The van der Waals surface area contributed by atoms with Crippen LogP contribution in [0.5, 0.6) is 0 Å². The van der Waals surface area contributed by atoms with Gasteiger partial charge in [0.25, 0.3) is 0 Å². The molecule has 221 valence electrons. The predicted molar refractivity (Wildman–Crippen MR) is 140 cm³/mol. The highest BCUT2D eigenvalue weighted by atomic mass is 33.1. The lowest BCUT2D eigenvalue weighted by molar-refractivity contribution is -0.0162. The van der Waals surface area contributed by atoms with Gasteiger partial charge in [0.15, 0.2) is 0 Å². The first-order valence-electron chi connectivity index (χ1n) is 11.4. The Hall–Kier alpha value is 0.745. The summed E-state index contributed by atoms with van der Waals surface area (Å²) in [4.78, 5) is 19.0. The third kappa shape index (κ3) is 29.5. The summed E-state index contributed by atoms with van der Waals surface area (Å²) in [7, 11) is -5.85. The molecule has 19 heteroatoms. The molecule has 0 bridgehead atoms. The van der Waals surface area contributed by atoms with E-state index in [2.05, 4.69) is 0 Å². The lowest BCUT2D eigenvalue weighted by Crippen LogP contribution is -2.19. The monoisotopic (exact) mass is 617 g/mol. The molecular formula is C18H40BO14P2S2. The van der Waals surface area contributed by atoms with E-state index < -0.39 is 21.2 Å². The van der Waals surface area contributed by atoms with E-state index >= 15 is 0 Å². The van der Waals surface area contributed by atoms with Gasteiger partial charge in [-0.05, 0) is 20.8 Å². The number of phosphoric ester groups is 2. The van der Waals surface area contributed by atoms with Gasteiger partial charge in [0, 0.05) is 5.75 Å². The summed E-state index contributed by atoms with van der Waals surface area (Å²) in [5.41, 5.74) is -0.787. The fourth-order valence-electron chi connectivity index (χ4n) is 2.08. The van der Waals surface area contributed by atoms with E-state index in [9.17, 15) is 18.9 Å². The Kier molecular flexibility index (Phi) is 23.9. The van der Waals surface area contributed by atoms with Gasteiger partial charge in [-0.15, -0.1) is 21.4 Å². The lowest BCUT2D eigenvalue weighted by Gasteiger charge is -2.22. The van der Waals surface area contributed by atoms with E-state index in [1.54, 1.807) is 20.8 Å². The van der Waals surface area contributed by atoms with E-state index in [0.29, 0.717) is 58.6 Å². The van der Waals surface area contributed by atoms with E-state index in [1.807, 2.05) is 0 Å². The van der Waals surface area contributed by atoms with E-state index in [0.717, 1.165) is 17.4 Å². The molecule has 37 heavy (non-hydrogen) atoms. The molecule has 3 N–H and O–H groups in total. The Morgan fingerprint density at radius 1 is 0.622 bits per heavy atom. The highest BCUT2D eigenvalue weighted by molar-refractivity contribution is 8.85. The topological polar surface area (TPSA) is 178 Å². The van der Waals surface area contributed by atoms with Gasteiger partial charge < -0.3 is 38.5 Å². The molecule has 0 heterocycles. The second-order valence-electron chi connectivity index (χ2n) is 7.73. The summed E-state index contributed by atoms with van der Waals surface area (Å²) in [6, 6.07) is 0. The van der Waals surface area contributed by atoms with Gasteiger partial charge in [-0.1, -0.05) is 0 Å². The highest BCUT2D eigenvalue weighted by Crippen LogP contribution is 2.46. The molecule has 0 aromatic heterocycles. The first kappa shape index (κ1) is 37.7. The van der Waals surface area contributed by atoms with Crippen LogP contribution < -0.4 is 0 Å². The van der Waals surface area contributed by atoms with Crippen LogP contribution in [0.4, 0.5) is 0 Å². The van der Waals surface area contributed by atoms with Crippen molar-refractivity contribution in [3.8, 4) is 0 Å². The fourth-order valence-corrected chi connectivity index (χ4v) is 4.94. The number of ether oxygens (including phenoxy) is 5. The SMILES string of the molecule is CC(C)(C)OP(=O)(O)OCCOCCOCCOCCOCCOCCOP(=O)(O)OCCSS[B]O. The molecule has 0 aliphatic rings. The number of rotatable bonds is 27. The average molecular weight is 617 g/mol. The van der Waals surface area contributed by atoms with Crippen molar-refractivity contribution in [2.75, 3.05) is 91.6 Å². The first-order valence-corrected chi connectivity index (χ1v) is 16.8. The molecule has 0 saturated carbocycles. The second kappa shape index (κ2) is 23.4. The Morgan fingerprint density at radius 3 is 1.35 bits per heavy atom. The number of hydrogen-bond donors (Lipinski definition) is 3. The summed E-state index contributed by atoms with van der Waals surface area (Å²) in [6.07, 6.45) is 0. The molecule has 1 radical (unpaired) electrons. The molecule has 0 fully saturated rings. The summed E-state index contributed by atoms with van der Waals surface area (Å²) < 4.78 is 69.0. The van der Waals surface area contributed by atoms with Crippen LogP contribution in [0.25, 0.3) is 0 Å². The second-order valence-corrected chi connectivity index (χ2v) is 12.9. The largest absolute Gasteiger partial charge is 0.472 e. The van der Waals surface area contributed by atoms with Crippen molar-refractivity contribution in [3.63, 3.8) is 0 Å². The Bertz CT molecular complexity index is 632. The zero-order chi connectivity index (χ0) is 27.9. The van der Waals surface area contributed by atoms with Crippen molar-refractivity contribution in [1.82, 2.24) is 0 Å². The van der Waals surface area contributed by atoms with Crippen molar-refractivity contribution in [2.24, 2.45) is 0 Å². The zero-order valence-electron chi connectivity index (χ0n) is 21.5. The third-order valence-corrected chi connectivity index (χ3v) is 7.40. The van der Waals surface area contributed by atoms with Gasteiger partial charge in [-0.3, -0.25) is 18.1 Å². The fraction of sp³-hybridized carbons (Fsp3) is 1.00. The van der Waals surface area contributed by atoms with Gasteiger partial charge in [-0.25, -0.2) is 9.13 Å². The van der Waals surface area contributed by atoms with Gasteiger partial charge in [0.05, 0.1) is 91.5 Å². The van der Waals surface area contributed by atoms with Crippen LogP contribution in [0.15, 0.2) is 0 Å². The Labute approximate surface area is 227 Å². The van der Waals surface area contributed by atoms with Crippen LogP contribution in [0.2, 0.25) is 0 Å². The normalized spacial score (nSPS) is 15.4. The standard InChI is InChI=1S/C18H40BO14P2S2/c1-18(2,3)33-35(23,24)31-15-13-29-11-9-27-7-5-25-4-6-26-8-10-28-12-14-30-34(21,22)32-16-17-36-37-19-20/h20H,4-17H2,1-3H3,(H,21,22)(H,23,24). The summed E-state index contributed by atoms with van der Waals surface area (Å²) in [5.74, 6) is 0.416. The lowest BCUT2D eigenvalue weighted by atomic mass is 10.2. The summed E-state index contributed by atoms with van der Waals surface area (Å²) >= 11 is 0. The third-order valence-electron chi connectivity index (χ3n) is 3.37. The van der Waals surface area contributed by atoms with Gasteiger partial charge >= 0.3 is 22.4 Å². The minimum atomic E-state index is -4.11. The Morgan fingerprint density at radius 2 is 0.973 bits per heavy atom. The smallest absolute Gasteiger partial charge is 0.444 e. The van der Waals surface area contributed by atoms with Crippen LogP contribution in [0.1, 0.15) is 20.8 Å². The minimum Gasteiger partial charge on any atom is -0.444 e. The molecule has 0 aromatic rings. The molecule has 0 saturated heterocycles. The molecule has 0 aromatic carbocycles. The average Bonchev–Trinajstić information content (AvgIpc) is 2.78. The van der Waals surface area contributed by atoms with Crippen LogP contribution in [0.3, 0.4) is 0 Å². The molecule has 2 atom stereocenters. The van der Waals surface area contributed by atoms with E-state index in [4.69, 9.17) is 46.8 Å². The molecule has 0 aliphatic carbocycles. The van der Waals surface area contributed by atoms with Crippen molar-refractivity contribution in [2.45, 2.75) is 26.4 Å². The molecule has 0 spiro atoms. The first-order chi connectivity index (χ1) is 17.5. The number of hydrogen-bond acceptors (Lipinski definition) is 14. The maximum Gasteiger partial charge on any atom is 0.472 e. The molecule has 0 amide bonds. The Balaban J connectivity index is 3.33. The van der Waals surface area contributed by atoms with Crippen LogP contribution >= 0.6 is 37.1 Å². The summed E-state index contributed by atoms with van der Waals surface area (Å²) in [5, 5.41) is 8.48. The molecule has 0 aliphatic heterocycles. The van der Waals surface area contributed by atoms with Gasteiger partial charge in [0.2, 0.25) is 0 Å². The minimum absolute atomic E-state index is 0.0128. The number of phosphoric acid groups is 2. The van der Waals surface area contributed by atoms with Crippen molar-refractivity contribution in [3.05, 3.63) is 0 Å². The van der Waals surface area contributed by atoms with E-state index in [-0.39, 0.29) is 33.0 Å². The maximum absolute atomic E-state index is 11.7. The summed E-state index contributed by atoms with van der Waals surface area (Å²) in [6.45, 7) is 8.76. The zero-order valence-corrected chi connectivity index (χ0v) is 24.9. The van der Waals surface area contributed by atoms with Crippen molar-refractivity contribution in [1.29, 1.82) is 0 Å². The highest BCUT2D eigenvalue weighted by Gasteiger charge is 2.28. The molecular weight excluding hydrogens is 577 g/mol. The van der Waals surface area contributed by atoms with Crippen LogP contribution in [-0.4, -0.2) is 119 Å². The van der Waals surface area contributed by atoms with Crippen LogP contribution in [-0.2, 0) is 50.9 Å². The van der Waals surface area contributed by atoms with Gasteiger partial charge in [-0.2, -0.15) is 0 Å². The van der Waals surface area contributed by atoms with Gasteiger partial charge in [0.1, 0.15) is 0 Å². The molecule has 2 unspecified atom stereocenters. The molecule has 14 nitrogen and oxygen atoms in total. The predicted octanol–water partition coefficient (Wildman–Crippen LogP) is 2.04. The van der Waals surface area contributed by atoms with Crippen LogP contribution in [0, 0.1) is 0 Å².